The highest BCUT2D eigenvalue weighted by atomic mass is 79.9. The van der Waals surface area contributed by atoms with E-state index in [1.54, 1.807) is 12.1 Å². The summed E-state index contributed by atoms with van der Waals surface area (Å²) in [5.41, 5.74) is 4.62. The summed E-state index contributed by atoms with van der Waals surface area (Å²) in [6.07, 6.45) is -2.93. The molecule has 0 unspecified atom stereocenters. The van der Waals surface area contributed by atoms with Crippen molar-refractivity contribution in [2.45, 2.75) is 6.18 Å². The predicted octanol–water partition coefficient (Wildman–Crippen LogP) is 4.24. The van der Waals surface area contributed by atoms with Crippen LogP contribution in [0.2, 0.25) is 0 Å². The van der Waals surface area contributed by atoms with E-state index < -0.39 is 11.7 Å². The van der Waals surface area contributed by atoms with Crippen LogP contribution in [0.1, 0.15) is 5.56 Å². The molecule has 0 saturated heterocycles. The van der Waals surface area contributed by atoms with Gasteiger partial charge >= 0.3 is 6.18 Å². The van der Waals surface area contributed by atoms with E-state index in [4.69, 9.17) is 10.5 Å². The summed E-state index contributed by atoms with van der Waals surface area (Å²) >= 11 is 3.22. The summed E-state index contributed by atoms with van der Waals surface area (Å²) in [7, 11) is 0. The van der Waals surface area contributed by atoms with Crippen LogP contribution in [0.5, 0.6) is 11.6 Å². The van der Waals surface area contributed by atoms with Crippen molar-refractivity contribution in [1.82, 2.24) is 4.98 Å². The number of alkyl halides is 3. The highest BCUT2D eigenvalue weighted by Gasteiger charge is 2.31. The summed E-state index contributed by atoms with van der Waals surface area (Å²) < 4.78 is 43.4. The van der Waals surface area contributed by atoms with Crippen molar-refractivity contribution in [1.29, 1.82) is 0 Å². The summed E-state index contributed by atoms with van der Waals surface area (Å²) in [5.74, 6) is 0.348. The first-order valence-electron chi connectivity index (χ1n) is 5.13. The fourth-order valence-corrected chi connectivity index (χ4v) is 1.70. The minimum absolute atomic E-state index is 0.104. The summed E-state index contributed by atoms with van der Waals surface area (Å²) in [6.45, 7) is 0. The van der Waals surface area contributed by atoms with Gasteiger partial charge in [0.15, 0.2) is 5.75 Å². The molecule has 2 N–H and O–H groups in total. The third kappa shape index (κ3) is 3.17. The lowest BCUT2D eigenvalue weighted by atomic mass is 10.2. The van der Waals surface area contributed by atoms with Crippen molar-refractivity contribution in [3.8, 4) is 11.6 Å². The summed E-state index contributed by atoms with van der Waals surface area (Å²) in [5, 5.41) is 0. The van der Waals surface area contributed by atoms with Crippen molar-refractivity contribution < 1.29 is 17.9 Å². The third-order valence-corrected chi connectivity index (χ3v) is 2.87. The SMILES string of the molecule is Nc1cc(C(F)(F)F)ccc1Oc1ncccc1Br. The molecule has 7 heteroatoms. The van der Waals surface area contributed by atoms with Crippen LogP contribution in [-0.4, -0.2) is 4.98 Å². The fraction of sp³-hybridized carbons (Fsp3) is 0.0833. The number of hydrogen-bond donors (Lipinski definition) is 1. The van der Waals surface area contributed by atoms with E-state index in [0.717, 1.165) is 12.1 Å². The Morgan fingerprint density at radius 3 is 2.53 bits per heavy atom. The van der Waals surface area contributed by atoms with Gasteiger partial charge in [0, 0.05) is 6.20 Å². The maximum Gasteiger partial charge on any atom is 0.416 e. The Bertz CT molecular complexity index is 602. The Labute approximate surface area is 115 Å². The first-order chi connectivity index (χ1) is 8.88. The lowest BCUT2D eigenvalue weighted by molar-refractivity contribution is -0.137. The van der Waals surface area contributed by atoms with Crippen LogP contribution >= 0.6 is 15.9 Å². The zero-order chi connectivity index (χ0) is 14.0. The number of halogens is 4. The molecule has 1 aromatic heterocycles. The van der Waals surface area contributed by atoms with E-state index in [9.17, 15) is 13.2 Å². The number of nitrogens with two attached hydrogens (primary N) is 1. The van der Waals surface area contributed by atoms with E-state index in [1.807, 2.05) is 0 Å². The first-order valence-corrected chi connectivity index (χ1v) is 5.92. The molecule has 2 rings (SSSR count). The average Bonchev–Trinajstić information content (AvgIpc) is 2.33. The Kier molecular flexibility index (Phi) is 3.66. The smallest absolute Gasteiger partial charge is 0.416 e. The first kappa shape index (κ1) is 13.7. The molecule has 0 atom stereocenters. The van der Waals surface area contributed by atoms with Crippen LogP contribution in [0.15, 0.2) is 41.0 Å². The molecule has 0 aliphatic carbocycles. The van der Waals surface area contributed by atoms with Gasteiger partial charge in [0.05, 0.1) is 15.7 Å². The monoisotopic (exact) mass is 332 g/mol. The van der Waals surface area contributed by atoms with Crippen molar-refractivity contribution >= 4 is 21.6 Å². The molecule has 0 radical (unpaired) electrons. The predicted molar refractivity (Wildman–Crippen MR) is 67.9 cm³/mol. The molecule has 0 spiro atoms. The quantitative estimate of drug-likeness (QED) is 0.837. The fourth-order valence-electron chi connectivity index (χ4n) is 1.37. The molecule has 0 aliphatic heterocycles. The van der Waals surface area contributed by atoms with Crippen molar-refractivity contribution in [2.24, 2.45) is 0 Å². The van der Waals surface area contributed by atoms with Gasteiger partial charge < -0.3 is 10.5 Å². The van der Waals surface area contributed by atoms with Crippen LogP contribution in [0.4, 0.5) is 18.9 Å². The Morgan fingerprint density at radius 1 is 1.21 bits per heavy atom. The Balaban J connectivity index is 2.30. The minimum atomic E-state index is -4.43. The highest BCUT2D eigenvalue weighted by Crippen LogP contribution is 2.36. The second-order valence-electron chi connectivity index (χ2n) is 3.64. The Hall–Kier alpha value is -1.76. The molecular formula is C12H8BrF3N2O. The van der Waals surface area contributed by atoms with Gasteiger partial charge in [0.25, 0.3) is 0 Å². The number of aromatic nitrogens is 1. The van der Waals surface area contributed by atoms with E-state index in [1.165, 1.54) is 12.3 Å². The lowest BCUT2D eigenvalue weighted by Crippen LogP contribution is -2.06. The molecule has 0 aliphatic rings. The molecule has 0 fully saturated rings. The van der Waals surface area contributed by atoms with Crippen LogP contribution in [0, 0.1) is 0 Å². The number of rotatable bonds is 2. The van der Waals surface area contributed by atoms with Crippen molar-refractivity contribution in [3.05, 3.63) is 46.6 Å². The van der Waals surface area contributed by atoms with Gasteiger partial charge in [0.2, 0.25) is 5.88 Å². The largest absolute Gasteiger partial charge is 0.436 e. The van der Waals surface area contributed by atoms with Crippen LogP contribution in [0.25, 0.3) is 0 Å². The summed E-state index contributed by atoms with van der Waals surface area (Å²) in [6, 6.07) is 6.28. The molecule has 19 heavy (non-hydrogen) atoms. The summed E-state index contributed by atoms with van der Waals surface area (Å²) in [4.78, 5) is 3.94. The average molecular weight is 333 g/mol. The minimum Gasteiger partial charge on any atom is -0.436 e. The Morgan fingerprint density at radius 2 is 1.95 bits per heavy atom. The van der Waals surface area contributed by atoms with E-state index in [-0.39, 0.29) is 17.3 Å². The van der Waals surface area contributed by atoms with Crippen LogP contribution in [-0.2, 0) is 6.18 Å². The number of hydrogen-bond acceptors (Lipinski definition) is 3. The number of nitrogen functional groups attached to an aromatic ring is 1. The zero-order valence-corrected chi connectivity index (χ0v) is 11.0. The molecule has 0 bridgehead atoms. The van der Waals surface area contributed by atoms with E-state index in [2.05, 4.69) is 20.9 Å². The molecule has 0 saturated carbocycles. The van der Waals surface area contributed by atoms with Gasteiger partial charge in [-0.05, 0) is 46.3 Å². The molecule has 100 valence electrons. The maximum atomic E-state index is 12.5. The van der Waals surface area contributed by atoms with Gasteiger partial charge in [0.1, 0.15) is 0 Å². The van der Waals surface area contributed by atoms with Crippen molar-refractivity contribution in [3.63, 3.8) is 0 Å². The standard InChI is InChI=1S/C12H8BrF3N2O/c13-8-2-1-5-18-11(8)19-10-4-3-7(6-9(10)17)12(14,15)16/h1-6H,17H2. The number of benzene rings is 1. The van der Waals surface area contributed by atoms with E-state index >= 15 is 0 Å². The molecule has 1 aromatic carbocycles. The molecule has 3 nitrogen and oxygen atoms in total. The van der Waals surface area contributed by atoms with Gasteiger partial charge in [-0.15, -0.1) is 0 Å². The molecule has 1 heterocycles. The normalized spacial score (nSPS) is 11.4. The second kappa shape index (κ2) is 5.08. The van der Waals surface area contributed by atoms with Gasteiger partial charge in [-0.25, -0.2) is 4.98 Å². The van der Waals surface area contributed by atoms with Gasteiger partial charge in [-0.1, -0.05) is 0 Å². The lowest BCUT2D eigenvalue weighted by Gasteiger charge is -2.11. The zero-order valence-electron chi connectivity index (χ0n) is 9.41. The second-order valence-corrected chi connectivity index (χ2v) is 4.50. The van der Waals surface area contributed by atoms with Crippen LogP contribution < -0.4 is 10.5 Å². The number of anilines is 1. The number of nitrogens with zero attached hydrogens (tertiary/aromatic N) is 1. The number of ether oxygens (including phenoxy) is 1. The topological polar surface area (TPSA) is 48.1 Å². The van der Waals surface area contributed by atoms with Gasteiger partial charge in [-0.2, -0.15) is 13.2 Å². The van der Waals surface area contributed by atoms with Crippen LogP contribution in [0.3, 0.4) is 0 Å². The third-order valence-electron chi connectivity index (χ3n) is 2.27. The maximum absolute atomic E-state index is 12.5. The molecule has 2 aromatic rings. The van der Waals surface area contributed by atoms with Crippen molar-refractivity contribution in [2.75, 3.05) is 5.73 Å². The molecular weight excluding hydrogens is 325 g/mol. The van der Waals surface area contributed by atoms with E-state index in [0.29, 0.717) is 4.47 Å². The molecule has 0 amide bonds. The highest BCUT2D eigenvalue weighted by molar-refractivity contribution is 9.10. The van der Waals surface area contributed by atoms with Gasteiger partial charge in [-0.3, -0.25) is 0 Å². The number of pyridine rings is 1.